The molecular formula is C8H3BrF3N. The van der Waals surface area contributed by atoms with E-state index >= 15 is 0 Å². The van der Waals surface area contributed by atoms with Crippen molar-refractivity contribution in [3.63, 3.8) is 0 Å². The van der Waals surface area contributed by atoms with E-state index in [-0.39, 0.29) is 10.0 Å². The molecule has 1 aromatic carbocycles. The first kappa shape index (κ1) is 10.1. The number of rotatable bonds is 1. The van der Waals surface area contributed by atoms with E-state index < -0.39 is 17.8 Å². The number of benzene rings is 1. The largest absolute Gasteiger partial charge is 0.263 e. The second-order valence-electron chi connectivity index (χ2n) is 2.28. The van der Waals surface area contributed by atoms with Gasteiger partial charge in [-0.15, -0.1) is 0 Å². The van der Waals surface area contributed by atoms with Crippen LogP contribution in [0.2, 0.25) is 0 Å². The van der Waals surface area contributed by atoms with Gasteiger partial charge in [0.25, 0.3) is 6.43 Å². The highest BCUT2D eigenvalue weighted by atomic mass is 79.9. The van der Waals surface area contributed by atoms with Crippen molar-refractivity contribution in [2.75, 3.05) is 0 Å². The first-order chi connectivity index (χ1) is 6.06. The van der Waals surface area contributed by atoms with E-state index in [0.29, 0.717) is 6.07 Å². The highest BCUT2D eigenvalue weighted by Gasteiger charge is 2.13. The van der Waals surface area contributed by atoms with Gasteiger partial charge < -0.3 is 0 Å². The lowest BCUT2D eigenvalue weighted by Gasteiger charge is -2.02. The van der Waals surface area contributed by atoms with E-state index in [1.165, 1.54) is 0 Å². The van der Waals surface area contributed by atoms with Crippen molar-refractivity contribution in [2.45, 2.75) is 6.43 Å². The first-order valence-corrected chi connectivity index (χ1v) is 4.02. The first-order valence-electron chi connectivity index (χ1n) is 3.23. The Morgan fingerprint density at radius 1 is 1.38 bits per heavy atom. The van der Waals surface area contributed by atoms with Gasteiger partial charge in [-0.2, -0.15) is 5.26 Å². The zero-order chi connectivity index (χ0) is 10.0. The molecule has 0 atom stereocenters. The molecule has 1 aromatic rings. The van der Waals surface area contributed by atoms with Crippen molar-refractivity contribution in [3.8, 4) is 6.07 Å². The lowest BCUT2D eigenvalue weighted by atomic mass is 10.1. The summed E-state index contributed by atoms with van der Waals surface area (Å²) in [6.45, 7) is 0. The maximum absolute atomic E-state index is 12.9. The molecule has 0 radical (unpaired) electrons. The Balaban J connectivity index is 3.32. The molecule has 0 heterocycles. The molecule has 5 heteroatoms. The Bertz CT molecular complexity index is 370. The molecule has 0 aliphatic rings. The topological polar surface area (TPSA) is 23.8 Å². The van der Waals surface area contributed by atoms with Gasteiger partial charge in [0.2, 0.25) is 0 Å². The summed E-state index contributed by atoms with van der Waals surface area (Å²) in [4.78, 5) is 0. The smallest absolute Gasteiger partial charge is 0.206 e. The molecule has 0 aliphatic heterocycles. The van der Waals surface area contributed by atoms with Gasteiger partial charge in [-0.05, 0) is 28.1 Å². The maximum atomic E-state index is 12.9. The van der Waals surface area contributed by atoms with Crippen LogP contribution in [0.25, 0.3) is 0 Å². The fourth-order valence-electron chi connectivity index (χ4n) is 0.817. The van der Waals surface area contributed by atoms with Crippen LogP contribution in [0.1, 0.15) is 17.6 Å². The van der Waals surface area contributed by atoms with Gasteiger partial charge in [0.15, 0.2) is 0 Å². The summed E-state index contributed by atoms with van der Waals surface area (Å²) in [5.74, 6) is -0.852. The molecule has 0 bridgehead atoms. The van der Waals surface area contributed by atoms with E-state index in [1.54, 1.807) is 6.07 Å². The van der Waals surface area contributed by atoms with Gasteiger partial charge in [-0.1, -0.05) is 0 Å². The predicted octanol–water partition coefficient (Wildman–Crippen LogP) is 3.40. The van der Waals surface area contributed by atoms with Crippen molar-refractivity contribution in [2.24, 2.45) is 0 Å². The third kappa shape index (κ3) is 2.01. The standard InChI is InChI=1S/C8H3BrF3N/c9-7-5(3-13)1-4(8(11)12)2-6(7)10/h1-2,8H. The van der Waals surface area contributed by atoms with E-state index in [2.05, 4.69) is 15.9 Å². The third-order valence-electron chi connectivity index (χ3n) is 1.42. The molecule has 0 saturated heterocycles. The number of halogens is 4. The Morgan fingerprint density at radius 2 is 2.00 bits per heavy atom. The minimum Gasteiger partial charge on any atom is -0.206 e. The SMILES string of the molecule is N#Cc1cc(C(F)F)cc(F)c1Br. The summed E-state index contributed by atoms with van der Waals surface area (Å²) in [6.07, 6.45) is -2.77. The average Bonchev–Trinajstić information content (AvgIpc) is 2.09. The van der Waals surface area contributed by atoms with Crippen molar-refractivity contribution < 1.29 is 13.2 Å². The molecule has 13 heavy (non-hydrogen) atoms. The Hall–Kier alpha value is -1.02. The van der Waals surface area contributed by atoms with Crippen LogP contribution in [0.5, 0.6) is 0 Å². The molecule has 0 spiro atoms. The van der Waals surface area contributed by atoms with Crippen LogP contribution in [0.3, 0.4) is 0 Å². The molecule has 0 saturated carbocycles. The molecule has 0 amide bonds. The summed E-state index contributed by atoms with van der Waals surface area (Å²) in [6, 6.07) is 3.27. The van der Waals surface area contributed by atoms with Crippen LogP contribution < -0.4 is 0 Å². The lowest BCUT2D eigenvalue weighted by molar-refractivity contribution is 0.151. The monoisotopic (exact) mass is 249 g/mol. The van der Waals surface area contributed by atoms with Gasteiger partial charge in [-0.25, -0.2) is 13.2 Å². The van der Waals surface area contributed by atoms with Gasteiger partial charge >= 0.3 is 0 Å². The van der Waals surface area contributed by atoms with E-state index in [4.69, 9.17) is 5.26 Å². The van der Waals surface area contributed by atoms with Gasteiger partial charge in [-0.3, -0.25) is 0 Å². The molecule has 0 N–H and O–H groups in total. The van der Waals surface area contributed by atoms with Crippen molar-refractivity contribution >= 4 is 15.9 Å². The molecule has 68 valence electrons. The van der Waals surface area contributed by atoms with Crippen LogP contribution in [-0.4, -0.2) is 0 Å². The number of hydrogen-bond donors (Lipinski definition) is 0. The van der Waals surface area contributed by atoms with E-state index in [9.17, 15) is 13.2 Å². The zero-order valence-electron chi connectivity index (χ0n) is 6.19. The molecule has 0 fully saturated rings. The third-order valence-corrected chi connectivity index (χ3v) is 2.23. The van der Waals surface area contributed by atoms with E-state index in [1.807, 2.05) is 0 Å². The molecule has 0 aromatic heterocycles. The number of nitrogens with zero attached hydrogens (tertiary/aromatic N) is 1. The Labute approximate surface area is 80.9 Å². The quantitative estimate of drug-likeness (QED) is 0.749. The summed E-state index contributed by atoms with van der Waals surface area (Å²) in [7, 11) is 0. The van der Waals surface area contributed by atoms with Crippen molar-refractivity contribution in [3.05, 3.63) is 33.5 Å². The second kappa shape index (κ2) is 3.79. The fraction of sp³-hybridized carbons (Fsp3) is 0.125. The molecule has 1 rings (SSSR count). The average molecular weight is 250 g/mol. The Kier molecular flexibility index (Phi) is 2.94. The van der Waals surface area contributed by atoms with Gasteiger partial charge in [0.1, 0.15) is 11.9 Å². The zero-order valence-corrected chi connectivity index (χ0v) is 7.78. The van der Waals surface area contributed by atoms with Crippen LogP contribution >= 0.6 is 15.9 Å². The summed E-state index contributed by atoms with van der Waals surface area (Å²) >= 11 is 2.78. The minimum absolute atomic E-state index is 0.0839. The molecule has 0 unspecified atom stereocenters. The molecule has 0 aliphatic carbocycles. The van der Waals surface area contributed by atoms with Gasteiger partial charge in [0.05, 0.1) is 10.0 Å². The van der Waals surface area contributed by atoms with Gasteiger partial charge in [0, 0.05) is 5.56 Å². The molecule has 1 nitrogen and oxygen atoms in total. The minimum atomic E-state index is -2.77. The Morgan fingerprint density at radius 3 is 2.46 bits per heavy atom. The number of alkyl halides is 2. The predicted molar refractivity (Wildman–Crippen MR) is 43.8 cm³/mol. The summed E-state index contributed by atoms with van der Waals surface area (Å²) in [5.41, 5.74) is -0.618. The van der Waals surface area contributed by atoms with Crippen molar-refractivity contribution in [1.29, 1.82) is 5.26 Å². The van der Waals surface area contributed by atoms with Crippen LogP contribution in [0, 0.1) is 17.1 Å². The van der Waals surface area contributed by atoms with Crippen LogP contribution in [-0.2, 0) is 0 Å². The van der Waals surface area contributed by atoms with Crippen LogP contribution in [0.15, 0.2) is 16.6 Å². The summed E-state index contributed by atoms with van der Waals surface area (Å²) in [5, 5.41) is 8.46. The highest BCUT2D eigenvalue weighted by Crippen LogP contribution is 2.27. The van der Waals surface area contributed by atoms with E-state index in [0.717, 1.165) is 6.07 Å². The maximum Gasteiger partial charge on any atom is 0.263 e. The molecular weight excluding hydrogens is 247 g/mol. The fourth-order valence-corrected chi connectivity index (χ4v) is 1.13. The second-order valence-corrected chi connectivity index (χ2v) is 3.07. The normalized spacial score (nSPS) is 10.2. The number of nitriles is 1. The number of hydrogen-bond acceptors (Lipinski definition) is 1. The van der Waals surface area contributed by atoms with Crippen molar-refractivity contribution in [1.82, 2.24) is 0 Å². The summed E-state index contributed by atoms with van der Waals surface area (Å²) < 4.78 is 37.0. The lowest BCUT2D eigenvalue weighted by Crippen LogP contribution is -1.91. The highest BCUT2D eigenvalue weighted by molar-refractivity contribution is 9.10. The van der Waals surface area contributed by atoms with Crippen LogP contribution in [0.4, 0.5) is 13.2 Å².